The van der Waals surface area contributed by atoms with Crippen molar-refractivity contribution in [1.82, 2.24) is 10.2 Å². The summed E-state index contributed by atoms with van der Waals surface area (Å²) in [6.07, 6.45) is 2.70. The van der Waals surface area contributed by atoms with Gasteiger partial charge in [-0.3, -0.25) is 4.90 Å². The summed E-state index contributed by atoms with van der Waals surface area (Å²) in [5, 5.41) is 13.5. The van der Waals surface area contributed by atoms with E-state index in [1.807, 2.05) is 12.1 Å². The van der Waals surface area contributed by atoms with Gasteiger partial charge in [0.15, 0.2) is 0 Å². The van der Waals surface area contributed by atoms with Gasteiger partial charge in [-0.25, -0.2) is 0 Å². The van der Waals surface area contributed by atoms with E-state index < -0.39 is 0 Å². The van der Waals surface area contributed by atoms with E-state index in [0.29, 0.717) is 5.75 Å². The summed E-state index contributed by atoms with van der Waals surface area (Å²) in [4.78, 5) is 2.37. The van der Waals surface area contributed by atoms with E-state index in [-0.39, 0.29) is 6.04 Å². The van der Waals surface area contributed by atoms with Crippen molar-refractivity contribution < 1.29 is 9.84 Å². The fourth-order valence-corrected chi connectivity index (χ4v) is 2.65. The Morgan fingerprint density at radius 3 is 2.84 bits per heavy atom. The molecule has 104 valence electrons. The lowest BCUT2D eigenvalue weighted by Crippen LogP contribution is -2.45. The maximum atomic E-state index is 10.2. The van der Waals surface area contributed by atoms with Gasteiger partial charge in [0.05, 0.1) is 12.7 Å². The van der Waals surface area contributed by atoms with Gasteiger partial charge in [-0.05, 0) is 18.6 Å². The second-order valence-corrected chi connectivity index (χ2v) is 4.72. The maximum Gasteiger partial charge on any atom is 0.127 e. The largest absolute Gasteiger partial charge is 0.507 e. The zero-order valence-electron chi connectivity index (χ0n) is 11.4. The Labute approximate surface area is 114 Å². The molecule has 0 aliphatic carbocycles. The molecule has 4 heteroatoms. The van der Waals surface area contributed by atoms with Crippen molar-refractivity contribution in [3.05, 3.63) is 36.4 Å². The second kappa shape index (κ2) is 6.59. The van der Waals surface area contributed by atoms with Gasteiger partial charge < -0.3 is 15.2 Å². The Balaban J connectivity index is 2.34. The van der Waals surface area contributed by atoms with Gasteiger partial charge in [-0.2, -0.15) is 0 Å². The Kier molecular flexibility index (Phi) is 4.82. The summed E-state index contributed by atoms with van der Waals surface area (Å²) in [6, 6.07) is 5.54. The van der Waals surface area contributed by atoms with Gasteiger partial charge in [0.1, 0.15) is 11.5 Å². The molecule has 1 heterocycles. The number of nitrogens with one attached hydrogen (secondary N) is 1. The first-order valence-corrected chi connectivity index (χ1v) is 6.69. The van der Waals surface area contributed by atoms with E-state index in [0.717, 1.165) is 43.9 Å². The number of methoxy groups -OCH3 is 1. The molecule has 1 aromatic carbocycles. The van der Waals surface area contributed by atoms with Crippen LogP contribution in [-0.2, 0) is 0 Å². The molecule has 4 nitrogen and oxygen atoms in total. The number of rotatable bonds is 5. The molecule has 1 aliphatic rings. The molecule has 0 bridgehead atoms. The minimum Gasteiger partial charge on any atom is -0.507 e. The molecular weight excluding hydrogens is 240 g/mol. The Hall–Kier alpha value is -1.52. The molecule has 1 aliphatic heterocycles. The summed E-state index contributed by atoms with van der Waals surface area (Å²) in [6.45, 7) is 7.73. The van der Waals surface area contributed by atoms with Crippen LogP contribution in [0.15, 0.2) is 30.9 Å². The third kappa shape index (κ3) is 3.08. The highest BCUT2D eigenvalue weighted by molar-refractivity contribution is 5.46. The lowest BCUT2D eigenvalue weighted by Gasteiger charge is -2.35. The van der Waals surface area contributed by atoms with Crippen LogP contribution in [0.5, 0.6) is 11.5 Å². The van der Waals surface area contributed by atoms with E-state index in [9.17, 15) is 5.11 Å². The topological polar surface area (TPSA) is 44.7 Å². The average molecular weight is 262 g/mol. The molecule has 0 spiro atoms. The zero-order valence-corrected chi connectivity index (χ0v) is 11.4. The average Bonchev–Trinajstić information content (AvgIpc) is 2.46. The number of hydrogen-bond donors (Lipinski definition) is 2. The van der Waals surface area contributed by atoms with Crippen LogP contribution in [0.2, 0.25) is 0 Å². The fraction of sp³-hybridized carbons (Fsp3) is 0.467. The van der Waals surface area contributed by atoms with Crippen molar-refractivity contribution in [2.75, 3.05) is 33.3 Å². The molecule has 1 aromatic rings. The van der Waals surface area contributed by atoms with Gasteiger partial charge >= 0.3 is 0 Å². The molecule has 0 saturated carbocycles. The molecule has 2 rings (SSSR count). The predicted molar refractivity (Wildman–Crippen MR) is 76.7 cm³/mol. The molecule has 2 N–H and O–H groups in total. The highest BCUT2D eigenvalue weighted by Gasteiger charge is 2.26. The first-order valence-electron chi connectivity index (χ1n) is 6.69. The number of benzene rings is 1. The highest BCUT2D eigenvalue weighted by Crippen LogP contribution is 2.38. The summed E-state index contributed by atoms with van der Waals surface area (Å²) in [5.74, 6) is 1.04. The number of nitrogens with zero attached hydrogens (tertiary/aromatic N) is 1. The van der Waals surface area contributed by atoms with Crippen LogP contribution in [0.3, 0.4) is 0 Å². The Morgan fingerprint density at radius 1 is 1.47 bits per heavy atom. The van der Waals surface area contributed by atoms with Crippen LogP contribution in [0.1, 0.15) is 18.0 Å². The van der Waals surface area contributed by atoms with Crippen molar-refractivity contribution in [3.8, 4) is 11.5 Å². The van der Waals surface area contributed by atoms with Crippen molar-refractivity contribution in [3.63, 3.8) is 0 Å². The third-order valence-electron chi connectivity index (χ3n) is 3.58. The van der Waals surface area contributed by atoms with Crippen LogP contribution in [0.4, 0.5) is 0 Å². The Morgan fingerprint density at radius 2 is 2.21 bits per heavy atom. The lowest BCUT2D eigenvalue weighted by molar-refractivity contribution is 0.169. The number of hydrogen-bond acceptors (Lipinski definition) is 4. The minimum atomic E-state index is 0.121. The lowest BCUT2D eigenvalue weighted by atomic mass is 9.99. The fourth-order valence-electron chi connectivity index (χ4n) is 2.65. The number of piperazine rings is 1. The first-order chi connectivity index (χ1) is 9.27. The first kappa shape index (κ1) is 13.9. The summed E-state index contributed by atoms with van der Waals surface area (Å²) in [5.41, 5.74) is 0.867. The highest BCUT2D eigenvalue weighted by atomic mass is 16.5. The monoisotopic (exact) mass is 262 g/mol. The van der Waals surface area contributed by atoms with Crippen molar-refractivity contribution >= 4 is 0 Å². The van der Waals surface area contributed by atoms with E-state index in [1.165, 1.54) is 0 Å². The smallest absolute Gasteiger partial charge is 0.127 e. The van der Waals surface area contributed by atoms with Crippen LogP contribution in [0, 0.1) is 0 Å². The second-order valence-electron chi connectivity index (χ2n) is 4.72. The molecule has 0 amide bonds. The van der Waals surface area contributed by atoms with Crippen LogP contribution in [0.25, 0.3) is 0 Å². The van der Waals surface area contributed by atoms with Crippen molar-refractivity contribution in [2.45, 2.75) is 12.5 Å². The van der Waals surface area contributed by atoms with Crippen molar-refractivity contribution in [2.24, 2.45) is 0 Å². The molecule has 1 saturated heterocycles. The number of ether oxygens (including phenoxy) is 1. The van der Waals surface area contributed by atoms with Gasteiger partial charge in [-0.1, -0.05) is 12.1 Å². The predicted octanol–water partition coefficient (Wildman–Crippen LogP) is 1.92. The molecular formula is C15H22N2O2. The molecule has 1 atom stereocenters. The van der Waals surface area contributed by atoms with Gasteiger partial charge in [0, 0.05) is 32.2 Å². The zero-order chi connectivity index (χ0) is 13.7. The number of phenolic OH excluding ortho intramolecular Hbond substituents is 1. The number of phenols is 1. The quantitative estimate of drug-likeness (QED) is 0.796. The normalized spacial score (nSPS) is 17.9. The summed E-state index contributed by atoms with van der Waals surface area (Å²) >= 11 is 0. The van der Waals surface area contributed by atoms with Gasteiger partial charge in [0.25, 0.3) is 0 Å². The maximum absolute atomic E-state index is 10.2. The summed E-state index contributed by atoms with van der Waals surface area (Å²) in [7, 11) is 1.64. The van der Waals surface area contributed by atoms with Crippen LogP contribution >= 0.6 is 0 Å². The summed E-state index contributed by atoms with van der Waals surface area (Å²) < 4.78 is 5.41. The SMILES string of the molecule is C=CC[C@@H](c1c(O)cccc1OC)N1CCNCC1. The van der Waals surface area contributed by atoms with Crippen molar-refractivity contribution in [1.29, 1.82) is 0 Å². The van der Waals surface area contributed by atoms with Gasteiger partial charge in [-0.15, -0.1) is 6.58 Å². The number of aromatic hydroxyl groups is 1. The van der Waals surface area contributed by atoms with Crippen LogP contribution < -0.4 is 10.1 Å². The molecule has 1 fully saturated rings. The molecule has 0 unspecified atom stereocenters. The molecule has 0 aromatic heterocycles. The standard InChI is InChI=1S/C15H22N2O2/c1-3-5-12(17-10-8-16-9-11-17)15-13(18)6-4-7-14(15)19-2/h3-4,6-7,12,16,18H,1,5,8-11H2,2H3/t12-/m0/s1. The van der Waals surface area contributed by atoms with E-state index in [2.05, 4.69) is 16.8 Å². The van der Waals surface area contributed by atoms with E-state index in [1.54, 1.807) is 19.2 Å². The molecule has 19 heavy (non-hydrogen) atoms. The van der Waals surface area contributed by atoms with E-state index >= 15 is 0 Å². The van der Waals surface area contributed by atoms with Crippen LogP contribution in [-0.4, -0.2) is 43.3 Å². The third-order valence-corrected chi connectivity index (χ3v) is 3.58. The van der Waals surface area contributed by atoms with Gasteiger partial charge in [0.2, 0.25) is 0 Å². The van der Waals surface area contributed by atoms with E-state index in [4.69, 9.17) is 4.74 Å². The molecule has 0 radical (unpaired) electrons. The minimum absolute atomic E-state index is 0.121. The Bertz CT molecular complexity index is 428.